The standard InChI is InChI=1S/C20H18N2O3/c1-2-25-18-11-7-6-10-17(18)22-19(23)15-12-16(20(24)21-13-15)14-8-4-3-5-9-14/h3-13H,2H2,1H3,(H,21,24)(H,22,23). The number of ether oxygens (including phenoxy) is 1. The molecule has 0 aliphatic rings. The highest BCUT2D eigenvalue weighted by atomic mass is 16.5. The molecule has 2 aromatic carbocycles. The lowest BCUT2D eigenvalue weighted by Crippen LogP contribution is -2.17. The molecule has 1 amide bonds. The Bertz CT molecular complexity index is 933. The first-order chi connectivity index (χ1) is 12.2. The van der Waals surface area contributed by atoms with Crippen molar-refractivity contribution in [2.75, 3.05) is 11.9 Å². The van der Waals surface area contributed by atoms with E-state index in [9.17, 15) is 9.59 Å². The molecular formula is C20H18N2O3. The number of anilines is 1. The van der Waals surface area contributed by atoms with Crippen LogP contribution in [0, 0.1) is 0 Å². The number of benzene rings is 2. The number of aromatic amines is 1. The van der Waals surface area contributed by atoms with Gasteiger partial charge in [0.25, 0.3) is 11.5 Å². The predicted octanol–water partition coefficient (Wildman–Crippen LogP) is 3.69. The van der Waals surface area contributed by atoms with Crippen LogP contribution in [-0.4, -0.2) is 17.5 Å². The van der Waals surface area contributed by atoms with Gasteiger partial charge < -0.3 is 15.0 Å². The maximum absolute atomic E-state index is 12.6. The first kappa shape index (κ1) is 16.5. The summed E-state index contributed by atoms with van der Waals surface area (Å²) in [7, 11) is 0. The molecule has 0 saturated carbocycles. The van der Waals surface area contributed by atoms with Crippen molar-refractivity contribution in [2.45, 2.75) is 6.92 Å². The molecule has 3 rings (SSSR count). The molecule has 2 N–H and O–H groups in total. The van der Waals surface area contributed by atoms with Crippen LogP contribution in [0.2, 0.25) is 0 Å². The van der Waals surface area contributed by atoms with E-state index in [2.05, 4.69) is 10.3 Å². The molecule has 0 aliphatic heterocycles. The number of pyridine rings is 1. The number of amides is 1. The van der Waals surface area contributed by atoms with E-state index in [1.807, 2.05) is 49.4 Å². The maximum Gasteiger partial charge on any atom is 0.257 e. The van der Waals surface area contributed by atoms with E-state index in [0.29, 0.717) is 29.2 Å². The average Bonchev–Trinajstić information content (AvgIpc) is 2.64. The summed E-state index contributed by atoms with van der Waals surface area (Å²) >= 11 is 0. The molecule has 1 aromatic heterocycles. The first-order valence-electron chi connectivity index (χ1n) is 8.00. The molecule has 0 atom stereocenters. The molecule has 0 fully saturated rings. The number of nitrogens with one attached hydrogen (secondary N) is 2. The quantitative estimate of drug-likeness (QED) is 0.747. The molecule has 1 heterocycles. The molecule has 5 heteroatoms. The number of aromatic nitrogens is 1. The number of carbonyl (C=O) groups is 1. The topological polar surface area (TPSA) is 71.2 Å². The Labute approximate surface area is 145 Å². The molecule has 0 unspecified atom stereocenters. The Kier molecular flexibility index (Phi) is 4.95. The normalized spacial score (nSPS) is 10.3. The second-order valence-corrected chi connectivity index (χ2v) is 5.38. The second-order valence-electron chi connectivity index (χ2n) is 5.38. The zero-order chi connectivity index (χ0) is 17.6. The van der Waals surface area contributed by atoms with Crippen molar-refractivity contribution in [3.05, 3.63) is 82.8 Å². The smallest absolute Gasteiger partial charge is 0.257 e. The maximum atomic E-state index is 12.6. The SMILES string of the molecule is CCOc1ccccc1NC(=O)c1c[nH]c(=O)c(-c2ccccc2)c1. The number of carbonyl (C=O) groups excluding carboxylic acids is 1. The molecule has 126 valence electrons. The van der Waals surface area contributed by atoms with Gasteiger partial charge in [-0.2, -0.15) is 0 Å². The van der Waals surface area contributed by atoms with E-state index in [1.165, 1.54) is 6.20 Å². The van der Waals surface area contributed by atoms with Crippen molar-refractivity contribution in [1.29, 1.82) is 0 Å². The summed E-state index contributed by atoms with van der Waals surface area (Å²) in [6, 6.07) is 18.0. The fourth-order valence-electron chi connectivity index (χ4n) is 2.49. The predicted molar refractivity (Wildman–Crippen MR) is 98.1 cm³/mol. The summed E-state index contributed by atoms with van der Waals surface area (Å²) in [5, 5.41) is 2.82. The fraction of sp³-hybridized carbons (Fsp3) is 0.100. The zero-order valence-corrected chi connectivity index (χ0v) is 13.8. The molecular weight excluding hydrogens is 316 g/mol. The molecule has 0 bridgehead atoms. The van der Waals surface area contributed by atoms with Gasteiger partial charge in [-0.25, -0.2) is 0 Å². The first-order valence-corrected chi connectivity index (χ1v) is 8.00. The average molecular weight is 334 g/mol. The Morgan fingerprint density at radius 3 is 2.56 bits per heavy atom. The lowest BCUT2D eigenvalue weighted by molar-refractivity contribution is 0.102. The van der Waals surface area contributed by atoms with Crippen molar-refractivity contribution >= 4 is 11.6 Å². The number of hydrogen-bond donors (Lipinski definition) is 2. The highest BCUT2D eigenvalue weighted by Gasteiger charge is 2.12. The van der Waals surface area contributed by atoms with Crippen molar-refractivity contribution < 1.29 is 9.53 Å². The van der Waals surface area contributed by atoms with Crippen LogP contribution in [0.4, 0.5) is 5.69 Å². The highest BCUT2D eigenvalue weighted by Crippen LogP contribution is 2.24. The molecule has 0 saturated heterocycles. The van der Waals surface area contributed by atoms with Crippen molar-refractivity contribution in [2.24, 2.45) is 0 Å². The van der Waals surface area contributed by atoms with Gasteiger partial charge in [-0.15, -0.1) is 0 Å². The summed E-state index contributed by atoms with van der Waals surface area (Å²) < 4.78 is 5.51. The van der Waals surface area contributed by atoms with Crippen molar-refractivity contribution in [1.82, 2.24) is 4.98 Å². The number of H-pyrrole nitrogens is 1. The molecule has 0 radical (unpaired) electrons. The van der Waals surface area contributed by atoms with E-state index in [-0.39, 0.29) is 11.5 Å². The lowest BCUT2D eigenvalue weighted by atomic mass is 10.1. The summed E-state index contributed by atoms with van der Waals surface area (Å²) in [5.74, 6) is 0.284. The van der Waals surface area contributed by atoms with Crippen LogP contribution in [0.3, 0.4) is 0 Å². The third-order valence-corrected chi connectivity index (χ3v) is 3.69. The minimum absolute atomic E-state index is 0.238. The second kappa shape index (κ2) is 7.49. The Hall–Kier alpha value is -3.34. The zero-order valence-electron chi connectivity index (χ0n) is 13.8. The van der Waals surface area contributed by atoms with Crippen LogP contribution in [0.25, 0.3) is 11.1 Å². The van der Waals surface area contributed by atoms with Gasteiger partial charge in [0.05, 0.1) is 17.9 Å². The van der Waals surface area contributed by atoms with Gasteiger partial charge in [-0.05, 0) is 30.7 Å². The van der Waals surface area contributed by atoms with Gasteiger partial charge in [-0.3, -0.25) is 9.59 Å². The molecule has 0 spiro atoms. The molecule has 25 heavy (non-hydrogen) atoms. The van der Waals surface area contributed by atoms with Crippen LogP contribution in [0.15, 0.2) is 71.7 Å². The summed E-state index contributed by atoms with van der Waals surface area (Å²) in [6.07, 6.45) is 1.41. The minimum Gasteiger partial charge on any atom is -0.492 e. The molecule has 0 aliphatic carbocycles. The highest BCUT2D eigenvalue weighted by molar-refractivity contribution is 6.05. The van der Waals surface area contributed by atoms with E-state index < -0.39 is 0 Å². The van der Waals surface area contributed by atoms with Gasteiger partial charge in [0.2, 0.25) is 0 Å². The minimum atomic E-state index is -0.319. The number of rotatable bonds is 5. The van der Waals surface area contributed by atoms with Crippen LogP contribution >= 0.6 is 0 Å². The largest absolute Gasteiger partial charge is 0.492 e. The Balaban J connectivity index is 1.90. The number of hydrogen-bond acceptors (Lipinski definition) is 3. The van der Waals surface area contributed by atoms with Crippen molar-refractivity contribution in [3.63, 3.8) is 0 Å². The molecule has 3 aromatic rings. The fourth-order valence-corrected chi connectivity index (χ4v) is 2.49. The van der Waals surface area contributed by atoms with Gasteiger partial charge in [-0.1, -0.05) is 42.5 Å². The van der Waals surface area contributed by atoms with E-state index >= 15 is 0 Å². The van der Waals surface area contributed by atoms with Crippen LogP contribution in [0.1, 0.15) is 17.3 Å². The Morgan fingerprint density at radius 2 is 1.80 bits per heavy atom. The summed E-state index contributed by atoms with van der Waals surface area (Å²) in [6.45, 7) is 2.39. The summed E-state index contributed by atoms with van der Waals surface area (Å²) in [5.41, 5.74) is 1.92. The molecule has 5 nitrogen and oxygen atoms in total. The van der Waals surface area contributed by atoms with Crippen LogP contribution in [0.5, 0.6) is 5.75 Å². The monoisotopic (exact) mass is 334 g/mol. The summed E-state index contributed by atoms with van der Waals surface area (Å²) in [4.78, 5) is 27.3. The Morgan fingerprint density at radius 1 is 1.08 bits per heavy atom. The van der Waals surface area contributed by atoms with Gasteiger partial charge >= 0.3 is 0 Å². The third kappa shape index (κ3) is 3.77. The van der Waals surface area contributed by atoms with E-state index in [0.717, 1.165) is 5.56 Å². The third-order valence-electron chi connectivity index (χ3n) is 3.69. The van der Waals surface area contributed by atoms with Crippen molar-refractivity contribution in [3.8, 4) is 16.9 Å². The van der Waals surface area contributed by atoms with Crippen LogP contribution in [-0.2, 0) is 0 Å². The van der Waals surface area contributed by atoms with Gasteiger partial charge in [0, 0.05) is 11.8 Å². The van der Waals surface area contributed by atoms with Gasteiger partial charge in [0.15, 0.2) is 0 Å². The van der Waals surface area contributed by atoms with E-state index in [4.69, 9.17) is 4.74 Å². The van der Waals surface area contributed by atoms with E-state index in [1.54, 1.807) is 18.2 Å². The van der Waals surface area contributed by atoms with Gasteiger partial charge in [0.1, 0.15) is 5.75 Å². The van der Waals surface area contributed by atoms with Crippen LogP contribution < -0.4 is 15.6 Å². The number of para-hydroxylation sites is 2. The lowest BCUT2D eigenvalue weighted by Gasteiger charge is -2.11.